The fraction of sp³-hybridized carbons (Fsp3) is 0.308. The average Bonchev–Trinajstić information content (AvgIpc) is 2.84. The molecule has 0 aliphatic heterocycles. The summed E-state index contributed by atoms with van der Waals surface area (Å²) in [4.78, 5) is 23.0. The Labute approximate surface area is 115 Å². The van der Waals surface area contributed by atoms with Gasteiger partial charge in [0.15, 0.2) is 5.82 Å². The van der Waals surface area contributed by atoms with E-state index in [0.717, 1.165) is 5.56 Å². The number of hydrogen-bond donors (Lipinski definition) is 2. The third-order valence-electron chi connectivity index (χ3n) is 2.99. The Morgan fingerprint density at radius 2 is 2.05 bits per heavy atom. The Morgan fingerprint density at radius 3 is 2.60 bits per heavy atom. The van der Waals surface area contributed by atoms with E-state index < -0.39 is 5.91 Å². The molecule has 0 aliphatic carbocycles. The standard InChI is InChI=1S/C13H16N4O3/c1-7-8(2)20-9(3)12(7)13(19)15-11-4-5-17(16-11)6-10(14)18/h4-5H,6H2,1-3H3,(H2,14,18)(H,15,16,19). The number of carbonyl (C=O) groups is 2. The summed E-state index contributed by atoms with van der Waals surface area (Å²) in [5.74, 6) is 0.846. The van der Waals surface area contributed by atoms with Gasteiger partial charge in [-0.15, -0.1) is 0 Å². The van der Waals surface area contributed by atoms with Crippen LogP contribution in [0.2, 0.25) is 0 Å². The summed E-state index contributed by atoms with van der Waals surface area (Å²) in [6.45, 7) is 5.34. The Kier molecular flexibility index (Phi) is 3.60. The van der Waals surface area contributed by atoms with Crippen LogP contribution < -0.4 is 11.1 Å². The molecular weight excluding hydrogens is 260 g/mol. The van der Waals surface area contributed by atoms with E-state index in [4.69, 9.17) is 10.2 Å². The molecular formula is C13H16N4O3. The van der Waals surface area contributed by atoms with Gasteiger partial charge in [-0.25, -0.2) is 0 Å². The molecule has 0 atom stereocenters. The molecule has 2 aromatic heterocycles. The number of furan rings is 1. The third kappa shape index (κ3) is 2.71. The fourth-order valence-corrected chi connectivity index (χ4v) is 1.98. The highest BCUT2D eigenvalue weighted by Gasteiger charge is 2.19. The van der Waals surface area contributed by atoms with E-state index in [0.29, 0.717) is 22.9 Å². The van der Waals surface area contributed by atoms with Crippen LogP contribution in [-0.2, 0) is 11.3 Å². The van der Waals surface area contributed by atoms with Crippen molar-refractivity contribution >= 4 is 17.6 Å². The predicted octanol–water partition coefficient (Wildman–Crippen LogP) is 1.14. The molecule has 2 amide bonds. The van der Waals surface area contributed by atoms with Crippen molar-refractivity contribution in [3.8, 4) is 0 Å². The highest BCUT2D eigenvalue weighted by atomic mass is 16.3. The number of nitrogens with zero attached hydrogens (tertiary/aromatic N) is 2. The van der Waals surface area contributed by atoms with Crippen molar-refractivity contribution in [2.75, 3.05) is 5.32 Å². The van der Waals surface area contributed by atoms with Gasteiger partial charge in [0.05, 0.1) is 5.56 Å². The molecule has 0 aromatic carbocycles. The molecule has 20 heavy (non-hydrogen) atoms. The van der Waals surface area contributed by atoms with Gasteiger partial charge >= 0.3 is 0 Å². The SMILES string of the molecule is Cc1oc(C)c(C(=O)Nc2ccn(CC(N)=O)n2)c1C. The molecule has 0 spiro atoms. The fourth-order valence-electron chi connectivity index (χ4n) is 1.98. The van der Waals surface area contributed by atoms with Crippen molar-refractivity contribution in [1.82, 2.24) is 9.78 Å². The molecule has 2 aromatic rings. The topological polar surface area (TPSA) is 103 Å². The van der Waals surface area contributed by atoms with Crippen molar-refractivity contribution in [2.45, 2.75) is 27.3 Å². The first-order valence-electron chi connectivity index (χ1n) is 6.08. The quantitative estimate of drug-likeness (QED) is 0.873. The van der Waals surface area contributed by atoms with E-state index in [1.54, 1.807) is 26.1 Å². The first-order valence-corrected chi connectivity index (χ1v) is 6.08. The molecule has 0 saturated carbocycles. The van der Waals surface area contributed by atoms with Crippen LogP contribution in [0.15, 0.2) is 16.7 Å². The van der Waals surface area contributed by atoms with Crippen molar-refractivity contribution in [2.24, 2.45) is 5.73 Å². The van der Waals surface area contributed by atoms with Crippen molar-refractivity contribution in [3.63, 3.8) is 0 Å². The van der Waals surface area contributed by atoms with Crippen LogP contribution >= 0.6 is 0 Å². The smallest absolute Gasteiger partial charge is 0.260 e. The first kappa shape index (κ1) is 13.9. The van der Waals surface area contributed by atoms with E-state index in [1.807, 2.05) is 6.92 Å². The minimum atomic E-state index is -0.497. The van der Waals surface area contributed by atoms with E-state index >= 15 is 0 Å². The summed E-state index contributed by atoms with van der Waals surface area (Å²) in [5.41, 5.74) is 6.38. The van der Waals surface area contributed by atoms with Gasteiger partial charge in [0.25, 0.3) is 5.91 Å². The number of aromatic nitrogens is 2. The Morgan fingerprint density at radius 1 is 1.35 bits per heavy atom. The van der Waals surface area contributed by atoms with Crippen LogP contribution in [0, 0.1) is 20.8 Å². The molecule has 2 heterocycles. The minimum absolute atomic E-state index is 0.0290. The largest absolute Gasteiger partial charge is 0.466 e. The molecule has 0 saturated heterocycles. The number of anilines is 1. The van der Waals surface area contributed by atoms with Crippen molar-refractivity contribution < 1.29 is 14.0 Å². The Balaban J connectivity index is 2.15. The molecule has 0 fully saturated rings. The first-order chi connectivity index (χ1) is 9.38. The van der Waals surface area contributed by atoms with Crippen LogP contribution in [0.4, 0.5) is 5.82 Å². The summed E-state index contributed by atoms with van der Waals surface area (Å²) < 4.78 is 6.77. The predicted molar refractivity (Wildman–Crippen MR) is 72.3 cm³/mol. The number of rotatable bonds is 4. The second-order valence-electron chi connectivity index (χ2n) is 4.53. The van der Waals surface area contributed by atoms with E-state index in [2.05, 4.69) is 10.4 Å². The maximum atomic E-state index is 12.2. The third-order valence-corrected chi connectivity index (χ3v) is 2.99. The molecule has 7 nitrogen and oxygen atoms in total. The number of aryl methyl sites for hydroxylation is 2. The number of nitrogens with two attached hydrogens (primary N) is 1. The lowest BCUT2D eigenvalue weighted by Crippen LogP contribution is -2.19. The lowest BCUT2D eigenvalue weighted by molar-refractivity contribution is -0.118. The van der Waals surface area contributed by atoms with Crippen LogP contribution in [0.3, 0.4) is 0 Å². The monoisotopic (exact) mass is 276 g/mol. The van der Waals surface area contributed by atoms with E-state index in [-0.39, 0.29) is 12.5 Å². The highest BCUT2D eigenvalue weighted by molar-refractivity contribution is 6.05. The normalized spacial score (nSPS) is 10.6. The van der Waals surface area contributed by atoms with Crippen LogP contribution in [0.5, 0.6) is 0 Å². The molecule has 0 aliphatic rings. The van der Waals surface area contributed by atoms with E-state index in [9.17, 15) is 9.59 Å². The molecule has 2 rings (SSSR count). The van der Waals surface area contributed by atoms with Gasteiger partial charge < -0.3 is 15.5 Å². The summed E-state index contributed by atoms with van der Waals surface area (Å²) in [6, 6.07) is 1.60. The number of amides is 2. The number of hydrogen-bond acceptors (Lipinski definition) is 4. The Hall–Kier alpha value is -2.57. The van der Waals surface area contributed by atoms with Gasteiger partial charge in [-0.3, -0.25) is 14.3 Å². The van der Waals surface area contributed by atoms with Gasteiger partial charge in [-0.1, -0.05) is 0 Å². The number of nitrogens with one attached hydrogen (secondary N) is 1. The molecule has 3 N–H and O–H groups in total. The number of carbonyl (C=O) groups excluding carboxylic acids is 2. The number of primary amides is 1. The van der Waals surface area contributed by atoms with Gasteiger partial charge in [-0.2, -0.15) is 5.10 Å². The molecule has 0 bridgehead atoms. The van der Waals surface area contributed by atoms with Crippen LogP contribution in [0.25, 0.3) is 0 Å². The Bertz CT molecular complexity index is 669. The second kappa shape index (κ2) is 5.20. The summed E-state index contributed by atoms with van der Waals surface area (Å²) >= 11 is 0. The van der Waals surface area contributed by atoms with Gasteiger partial charge in [0.1, 0.15) is 18.1 Å². The maximum absolute atomic E-state index is 12.2. The summed E-state index contributed by atoms with van der Waals surface area (Å²) in [5, 5.41) is 6.70. The molecule has 0 unspecified atom stereocenters. The summed E-state index contributed by atoms with van der Waals surface area (Å²) in [6.07, 6.45) is 1.57. The minimum Gasteiger partial charge on any atom is -0.466 e. The zero-order valence-corrected chi connectivity index (χ0v) is 11.6. The van der Waals surface area contributed by atoms with Crippen LogP contribution in [-0.4, -0.2) is 21.6 Å². The molecule has 106 valence electrons. The molecule has 0 radical (unpaired) electrons. The van der Waals surface area contributed by atoms with Gasteiger partial charge in [0.2, 0.25) is 5.91 Å². The maximum Gasteiger partial charge on any atom is 0.260 e. The zero-order valence-electron chi connectivity index (χ0n) is 11.6. The summed E-state index contributed by atoms with van der Waals surface area (Å²) in [7, 11) is 0. The van der Waals surface area contributed by atoms with Crippen molar-refractivity contribution in [3.05, 3.63) is 34.9 Å². The lowest BCUT2D eigenvalue weighted by Gasteiger charge is -2.02. The van der Waals surface area contributed by atoms with E-state index in [1.165, 1.54) is 4.68 Å². The van der Waals surface area contributed by atoms with Crippen molar-refractivity contribution in [1.29, 1.82) is 0 Å². The highest BCUT2D eigenvalue weighted by Crippen LogP contribution is 2.21. The van der Waals surface area contributed by atoms with Crippen LogP contribution in [0.1, 0.15) is 27.4 Å². The zero-order chi connectivity index (χ0) is 14.9. The van der Waals surface area contributed by atoms with Gasteiger partial charge in [-0.05, 0) is 20.8 Å². The second-order valence-corrected chi connectivity index (χ2v) is 4.53. The lowest BCUT2D eigenvalue weighted by atomic mass is 10.1. The van der Waals surface area contributed by atoms with Gasteiger partial charge in [0, 0.05) is 17.8 Å². The average molecular weight is 276 g/mol. The molecule has 7 heteroatoms.